The van der Waals surface area contributed by atoms with Crippen LogP contribution in [0.5, 0.6) is 0 Å². The molecule has 2 saturated carbocycles. The van der Waals surface area contributed by atoms with Gasteiger partial charge in [-0.2, -0.15) is 0 Å². The molecule has 2 fully saturated rings. The van der Waals surface area contributed by atoms with Gasteiger partial charge in [0, 0.05) is 0 Å². The summed E-state index contributed by atoms with van der Waals surface area (Å²) in [4.78, 5) is 0. The van der Waals surface area contributed by atoms with Crippen LogP contribution in [0, 0.1) is 18.8 Å². The van der Waals surface area contributed by atoms with Gasteiger partial charge < -0.3 is 5.11 Å². The number of aryl methyl sites for hydroxylation is 1. The molecular weight excluding hydrogens is 232 g/mol. The quantitative estimate of drug-likeness (QED) is 0.808. The lowest BCUT2D eigenvalue weighted by atomic mass is 9.78. The minimum Gasteiger partial charge on any atom is -0.385 e. The molecule has 0 radical (unpaired) electrons. The standard InChI is InChI=1S/C18H20O/c1-12-2-4-15-10-17(7-5-14(15)8-12)18(19)11-13-3-6-16(18)9-13/h2,4-5,7-8,10,13,16,19H,3,6,9,11H2,1H3. The average molecular weight is 252 g/mol. The summed E-state index contributed by atoms with van der Waals surface area (Å²) >= 11 is 0. The molecule has 2 aromatic carbocycles. The molecule has 1 heteroatoms. The summed E-state index contributed by atoms with van der Waals surface area (Å²) in [5.74, 6) is 1.24. The molecule has 0 amide bonds. The topological polar surface area (TPSA) is 20.2 Å². The maximum absolute atomic E-state index is 11.1. The van der Waals surface area contributed by atoms with Crippen LogP contribution in [0.2, 0.25) is 0 Å². The Morgan fingerprint density at radius 2 is 1.84 bits per heavy atom. The number of fused-ring (bicyclic) bond motifs is 3. The van der Waals surface area contributed by atoms with E-state index in [1.807, 2.05) is 0 Å². The Kier molecular flexibility index (Phi) is 2.32. The molecule has 1 N–H and O–H groups in total. The summed E-state index contributed by atoms with van der Waals surface area (Å²) < 4.78 is 0. The lowest BCUT2D eigenvalue weighted by Crippen LogP contribution is -2.32. The second-order valence-electron chi connectivity index (χ2n) is 6.57. The molecule has 0 spiro atoms. The van der Waals surface area contributed by atoms with E-state index in [0.717, 1.165) is 17.9 Å². The highest BCUT2D eigenvalue weighted by atomic mass is 16.3. The van der Waals surface area contributed by atoms with Crippen LogP contribution < -0.4 is 0 Å². The molecule has 19 heavy (non-hydrogen) atoms. The highest BCUT2D eigenvalue weighted by Crippen LogP contribution is 2.55. The lowest BCUT2D eigenvalue weighted by Gasteiger charge is -2.33. The Balaban J connectivity index is 1.81. The van der Waals surface area contributed by atoms with Crippen molar-refractivity contribution >= 4 is 10.8 Å². The van der Waals surface area contributed by atoms with Gasteiger partial charge in [-0.1, -0.05) is 35.9 Å². The third kappa shape index (κ3) is 1.64. The van der Waals surface area contributed by atoms with Crippen molar-refractivity contribution in [2.24, 2.45) is 11.8 Å². The maximum atomic E-state index is 11.1. The zero-order chi connectivity index (χ0) is 13.0. The second-order valence-corrected chi connectivity index (χ2v) is 6.57. The van der Waals surface area contributed by atoms with Crippen molar-refractivity contribution in [3.05, 3.63) is 47.5 Å². The van der Waals surface area contributed by atoms with Crippen LogP contribution in [-0.4, -0.2) is 5.11 Å². The fraction of sp³-hybridized carbons (Fsp3) is 0.444. The van der Waals surface area contributed by atoms with E-state index in [1.54, 1.807) is 0 Å². The van der Waals surface area contributed by atoms with Gasteiger partial charge in [-0.3, -0.25) is 0 Å². The van der Waals surface area contributed by atoms with Crippen molar-refractivity contribution in [2.45, 2.75) is 38.2 Å². The Morgan fingerprint density at radius 3 is 2.58 bits per heavy atom. The van der Waals surface area contributed by atoms with E-state index < -0.39 is 5.60 Å². The Bertz CT molecular complexity index is 645. The molecular formula is C18H20O. The molecule has 0 heterocycles. The summed E-state index contributed by atoms with van der Waals surface area (Å²) in [7, 11) is 0. The molecule has 0 saturated heterocycles. The summed E-state index contributed by atoms with van der Waals surface area (Å²) in [6.07, 6.45) is 4.71. The number of hydrogen-bond donors (Lipinski definition) is 1. The number of benzene rings is 2. The van der Waals surface area contributed by atoms with Gasteiger partial charge in [-0.25, -0.2) is 0 Å². The third-order valence-electron chi connectivity index (χ3n) is 5.31. The zero-order valence-electron chi connectivity index (χ0n) is 11.4. The van der Waals surface area contributed by atoms with E-state index >= 15 is 0 Å². The van der Waals surface area contributed by atoms with E-state index in [2.05, 4.69) is 43.3 Å². The van der Waals surface area contributed by atoms with Crippen LogP contribution in [0.1, 0.15) is 36.8 Å². The highest BCUT2D eigenvalue weighted by molar-refractivity contribution is 5.84. The fourth-order valence-electron chi connectivity index (χ4n) is 4.29. The minimum absolute atomic E-state index is 0.486. The highest BCUT2D eigenvalue weighted by Gasteiger charge is 2.50. The summed E-state index contributed by atoms with van der Waals surface area (Å²) in [5, 5.41) is 13.6. The average Bonchev–Trinajstić information content (AvgIpc) is 2.98. The van der Waals surface area contributed by atoms with Crippen molar-refractivity contribution in [3.63, 3.8) is 0 Å². The molecule has 2 aromatic rings. The predicted octanol–water partition coefficient (Wildman–Crippen LogP) is 4.16. The molecule has 3 atom stereocenters. The molecule has 2 aliphatic rings. The van der Waals surface area contributed by atoms with Gasteiger partial charge in [0.1, 0.15) is 0 Å². The first-order valence-corrected chi connectivity index (χ1v) is 7.38. The Hall–Kier alpha value is -1.34. The van der Waals surface area contributed by atoms with Crippen molar-refractivity contribution in [1.29, 1.82) is 0 Å². The number of aliphatic hydroxyl groups is 1. The second kappa shape index (κ2) is 3.83. The monoisotopic (exact) mass is 252 g/mol. The number of hydrogen-bond acceptors (Lipinski definition) is 1. The van der Waals surface area contributed by atoms with Crippen LogP contribution in [-0.2, 0) is 5.60 Å². The third-order valence-corrected chi connectivity index (χ3v) is 5.31. The van der Waals surface area contributed by atoms with E-state index in [-0.39, 0.29) is 0 Å². The van der Waals surface area contributed by atoms with Crippen molar-refractivity contribution < 1.29 is 5.11 Å². The molecule has 0 aromatic heterocycles. The largest absolute Gasteiger partial charge is 0.385 e. The van der Waals surface area contributed by atoms with Crippen LogP contribution in [0.15, 0.2) is 36.4 Å². The molecule has 3 unspecified atom stereocenters. The normalized spacial score (nSPS) is 33.2. The SMILES string of the molecule is Cc1ccc2cc(C3(O)CC4CCC3C4)ccc2c1. The zero-order valence-corrected chi connectivity index (χ0v) is 11.4. The molecule has 0 aliphatic heterocycles. The minimum atomic E-state index is -0.554. The van der Waals surface area contributed by atoms with Crippen LogP contribution >= 0.6 is 0 Å². The summed E-state index contributed by atoms with van der Waals surface area (Å²) in [5.41, 5.74) is 1.87. The number of rotatable bonds is 1. The first kappa shape index (κ1) is 11.5. The van der Waals surface area contributed by atoms with Gasteiger partial charge in [0.25, 0.3) is 0 Å². The van der Waals surface area contributed by atoms with E-state index in [1.165, 1.54) is 35.6 Å². The smallest absolute Gasteiger partial charge is 0.0927 e. The van der Waals surface area contributed by atoms with Crippen molar-refractivity contribution in [3.8, 4) is 0 Å². The molecule has 1 nitrogen and oxygen atoms in total. The van der Waals surface area contributed by atoms with Gasteiger partial charge in [0.05, 0.1) is 5.60 Å². The Morgan fingerprint density at radius 1 is 1.05 bits per heavy atom. The fourth-order valence-corrected chi connectivity index (χ4v) is 4.29. The van der Waals surface area contributed by atoms with Gasteiger partial charge in [0.2, 0.25) is 0 Å². The van der Waals surface area contributed by atoms with Gasteiger partial charge >= 0.3 is 0 Å². The molecule has 2 bridgehead atoms. The maximum Gasteiger partial charge on any atom is 0.0927 e. The van der Waals surface area contributed by atoms with Crippen LogP contribution in [0.3, 0.4) is 0 Å². The van der Waals surface area contributed by atoms with E-state index in [4.69, 9.17) is 0 Å². The van der Waals surface area contributed by atoms with Gasteiger partial charge in [0.15, 0.2) is 0 Å². The van der Waals surface area contributed by atoms with Crippen molar-refractivity contribution in [2.75, 3.05) is 0 Å². The van der Waals surface area contributed by atoms with Crippen LogP contribution in [0.4, 0.5) is 0 Å². The molecule has 2 aliphatic carbocycles. The first-order valence-electron chi connectivity index (χ1n) is 7.38. The Labute approximate surface area is 114 Å². The first-order chi connectivity index (χ1) is 9.15. The van der Waals surface area contributed by atoms with Crippen molar-refractivity contribution in [1.82, 2.24) is 0 Å². The molecule has 4 rings (SSSR count). The van der Waals surface area contributed by atoms with Gasteiger partial charge in [-0.05, 0) is 66.8 Å². The predicted molar refractivity (Wildman–Crippen MR) is 78.0 cm³/mol. The lowest BCUT2D eigenvalue weighted by molar-refractivity contribution is -0.0181. The van der Waals surface area contributed by atoms with E-state index in [0.29, 0.717) is 5.92 Å². The summed E-state index contributed by atoms with van der Waals surface area (Å²) in [6, 6.07) is 13.0. The van der Waals surface area contributed by atoms with E-state index in [9.17, 15) is 5.11 Å². The van der Waals surface area contributed by atoms with Gasteiger partial charge in [-0.15, -0.1) is 0 Å². The molecule has 98 valence electrons. The van der Waals surface area contributed by atoms with Crippen LogP contribution in [0.25, 0.3) is 10.8 Å². The summed E-state index contributed by atoms with van der Waals surface area (Å²) in [6.45, 7) is 2.12.